The van der Waals surface area contributed by atoms with Crippen LogP contribution in [0.2, 0.25) is 0 Å². The molecule has 0 saturated heterocycles. The second-order valence-electron chi connectivity index (χ2n) is 6.70. The van der Waals surface area contributed by atoms with Crippen molar-refractivity contribution in [3.8, 4) is 0 Å². The molecule has 25 heavy (non-hydrogen) atoms. The van der Waals surface area contributed by atoms with E-state index in [2.05, 4.69) is 32.6 Å². The minimum Gasteiger partial charge on any atom is -0.355 e. The van der Waals surface area contributed by atoms with Gasteiger partial charge in [0.25, 0.3) is 0 Å². The highest BCUT2D eigenvalue weighted by atomic mass is 32.2. The zero-order chi connectivity index (χ0) is 18.6. The summed E-state index contributed by atoms with van der Waals surface area (Å²) in [5.74, 6) is -0.0475. The molecule has 1 amide bonds. The molecule has 0 fully saturated rings. The molecular weight excluding hydrogens is 360 g/mol. The van der Waals surface area contributed by atoms with E-state index in [-0.39, 0.29) is 16.7 Å². The Bertz CT molecular complexity index is 831. The van der Waals surface area contributed by atoms with Gasteiger partial charge in [-0.15, -0.1) is 0 Å². The first-order valence-electron chi connectivity index (χ1n) is 8.23. The van der Waals surface area contributed by atoms with Gasteiger partial charge in [-0.25, -0.2) is 8.42 Å². The Morgan fingerprint density at radius 2 is 1.92 bits per heavy atom. The van der Waals surface area contributed by atoms with Crippen LogP contribution in [0, 0.1) is 11.8 Å². The third kappa shape index (κ3) is 4.96. The summed E-state index contributed by atoms with van der Waals surface area (Å²) in [5, 5.41) is 2.81. The Kier molecular flexibility index (Phi) is 6.47. The number of nitrogens with zero attached hydrogens (tertiary/aromatic N) is 2. The molecular formula is C16H24N4O3S2. The summed E-state index contributed by atoms with van der Waals surface area (Å²) in [6.45, 7) is 8.27. The van der Waals surface area contributed by atoms with Crippen LogP contribution >= 0.6 is 11.7 Å². The summed E-state index contributed by atoms with van der Waals surface area (Å²) >= 11 is 0.957. The van der Waals surface area contributed by atoms with Crippen LogP contribution in [0.1, 0.15) is 34.1 Å². The Labute approximate surface area is 152 Å². The molecule has 0 spiro atoms. The van der Waals surface area contributed by atoms with E-state index in [9.17, 15) is 13.2 Å². The topological polar surface area (TPSA) is 101 Å². The highest BCUT2D eigenvalue weighted by Gasteiger charge is 2.29. The highest BCUT2D eigenvalue weighted by Crippen LogP contribution is 2.21. The monoisotopic (exact) mass is 384 g/mol. The molecule has 1 aromatic heterocycles. The second-order valence-corrected chi connectivity index (χ2v) is 8.92. The van der Waals surface area contributed by atoms with E-state index in [1.54, 1.807) is 26.0 Å². The van der Waals surface area contributed by atoms with Gasteiger partial charge in [0.2, 0.25) is 15.9 Å². The van der Waals surface area contributed by atoms with Gasteiger partial charge in [-0.2, -0.15) is 13.5 Å². The van der Waals surface area contributed by atoms with Crippen molar-refractivity contribution < 1.29 is 13.2 Å². The fourth-order valence-corrected chi connectivity index (χ4v) is 4.43. The van der Waals surface area contributed by atoms with Crippen LogP contribution in [0.25, 0.3) is 11.0 Å². The zero-order valence-electron chi connectivity index (χ0n) is 14.8. The Morgan fingerprint density at radius 1 is 1.20 bits per heavy atom. The lowest BCUT2D eigenvalue weighted by Crippen LogP contribution is -2.49. The van der Waals surface area contributed by atoms with Gasteiger partial charge in [-0.3, -0.25) is 4.79 Å². The Balaban J connectivity index is 2.20. The number of nitrogens with one attached hydrogen (secondary N) is 2. The van der Waals surface area contributed by atoms with Crippen LogP contribution in [0.5, 0.6) is 0 Å². The zero-order valence-corrected chi connectivity index (χ0v) is 16.4. The molecule has 0 radical (unpaired) electrons. The molecule has 0 aliphatic heterocycles. The predicted octanol–water partition coefficient (Wildman–Crippen LogP) is 2.16. The van der Waals surface area contributed by atoms with Gasteiger partial charge >= 0.3 is 0 Å². The number of carbonyl (C=O) groups is 1. The first-order valence-corrected chi connectivity index (χ1v) is 10.4. The lowest BCUT2D eigenvalue weighted by Gasteiger charge is -2.22. The normalized spacial score (nSPS) is 13.5. The molecule has 138 valence electrons. The van der Waals surface area contributed by atoms with Crippen molar-refractivity contribution in [3.63, 3.8) is 0 Å². The van der Waals surface area contributed by atoms with Crippen LogP contribution in [0.3, 0.4) is 0 Å². The van der Waals surface area contributed by atoms with Gasteiger partial charge in [0, 0.05) is 6.54 Å². The molecule has 0 unspecified atom stereocenters. The predicted molar refractivity (Wildman–Crippen MR) is 98.8 cm³/mol. The minimum atomic E-state index is -3.89. The molecule has 2 N–H and O–H groups in total. The van der Waals surface area contributed by atoms with Crippen molar-refractivity contribution in [1.29, 1.82) is 0 Å². The number of aromatic nitrogens is 2. The first-order chi connectivity index (χ1) is 11.7. The van der Waals surface area contributed by atoms with Crippen LogP contribution in [0.4, 0.5) is 0 Å². The summed E-state index contributed by atoms with van der Waals surface area (Å²) in [6.07, 6.45) is 0.840. The van der Waals surface area contributed by atoms with Crippen molar-refractivity contribution in [2.24, 2.45) is 11.8 Å². The molecule has 7 nitrogen and oxygen atoms in total. The van der Waals surface area contributed by atoms with Gasteiger partial charge in [0.15, 0.2) is 0 Å². The summed E-state index contributed by atoms with van der Waals surface area (Å²) in [7, 11) is -3.89. The van der Waals surface area contributed by atoms with Crippen LogP contribution < -0.4 is 10.0 Å². The summed E-state index contributed by atoms with van der Waals surface area (Å²) in [4.78, 5) is 12.5. The minimum absolute atomic E-state index is 0.0411. The van der Waals surface area contributed by atoms with E-state index < -0.39 is 16.1 Å². The maximum absolute atomic E-state index is 12.8. The van der Waals surface area contributed by atoms with Crippen molar-refractivity contribution in [3.05, 3.63) is 18.2 Å². The second kappa shape index (κ2) is 8.20. The number of fused-ring (bicyclic) bond motifs is 1. The lowest BCUT2D eigenvalue weighted by atomic mass is 10.0. The largest absolute Gasteiger partial charge is 0.355 e. The number of benzene rings is 1. The van der Waals surface area contributed by atoms with Crippen LogP contribution in [-0.4, -0.2) is 35.7 Å². The molecule has 2 rings (SSSR count). The number of carbonyl (C=O) groups excluding carboxylic acids is 1. The molecule has 9 heteroatoms. The molecule has 1 heterocycles. The fraction of sp³-hybridized carbons (Fsp3) is 0.562. The molecule has 0 saturated carbocycles. The average molecular weight is 385 g/mol. The molecule has 0 aliphatic rings. The highest BCUT2D eigenvalue weighted by molar-refractivity contribution is 7.89. The lowest BCUT2D eigenvalue weighted by molar-refractivity contribution is -0.123. The molecule has 0 aliphatic carbocycles. The number of hydrogen-bond donors (Lipinski definition) is 2. The van der Waals surface area contributed by atoms with E-state index in [1.807, 2.05) is 0 Å². The van der Waals surface area contributed by atoms with Gasteiger partial charge in [-0.1, -0.05) is 33.8 Å². The van der Waals surface area contributed by atoms with E-state index in [4.69, 9.17) is 0 Å². The van der Waals surface area contributed by atoms with Crippen molar-refractivity contribution >= 4 is 38.7 Å². The molecule has 1 aromatic carbocycles. The summed E-state index contributed by atoms with van der Waals surface area (Å²) < 4.78 is 36.2. The van der Waals surface area contributed by atoms with Crippen LogP contribution in [0.15, 0.2) is 23.1 Å². The van der Waals surface area contributed by atoms with Crippen molar-refractivity contribution in [2.75, 3.05) is 6.54 Å². The Hall–Kier alpha value is -1.58. The standard InChI is InChI=1S/C16H24N4O3S2/c1-10(2)8-9-17-16(21)14(11(3)4)20-25(22,23)13-7-5-6-12-15(13)19-24-18-12/h5-7,10-11,14,20H,8-9H2,1-4H3,(H,17,21)/t14-/m0/s1. The molecule has 2 aromatic rings. The smallest absolute Gasteiger partial charge is 0.243 e. The van der Waals surface area contributed by atoms with E-state index in [1.165, 1.54) is 6.07 Å². The van der Waals surface area contributed by atoms with E-state index in [0.717, 1.165) is 18.1 Å². The fourth-order valence-electron chi connectivity index (χ4n) is 2.32. The first kappa shape index (κ1) is 19.7. The third-order valence-corrected chi connectivity index (χ3v) is 5.81. The molecule has 1 atom stereocenters. The number of sulfonamides is 1. The number of hydrogen-bond acceptors (Lipinski definition) is 6. The average Bonchev–Trinajstić information content (AvgIpc) is 3.00. The van der Waals surface area contributed by atoms with E-state index in [0.29, 0.717) is 23.5 Å². The van der Waals surface area contributed by atoms with Crippen molar-refractivity contribution in [2.45, 2.75) is 45.1 Å². The Morgan fingerprint density at radius 3 is 2.56 bits per heavy atom. The van der Waals surface area contributed by atoms with E-state index >= 15 is 0 Å². The van der Waals surface area contributed by atoms with Gasteiger partial charge in [0.1, 0.15) is 22.0 Å². The molecule has 0 bridgehead atoms. The van der Waals surface area contributed by atoms with Crippen molar-refractivity contribution in [1.82, 2.24) is 18.8 Å². The van der Waals surface area contributed by atoms with Crippen LogP contribution in [-0.2, 0) is 14.8 Å². The number of rotatable bonds is 8. The SMILES string of the molecule is CC(C)CCNC(=O)[C@@H](NS(=O)(=O)c1cccc2nsnc12)C(C)C. The maximum Gasteiger partial charge on any atom is 0.243 e. The summed E-state index contributed by atoms with van der Waals surface area (Å²) in [6, 6.07) is 3.95. The third-order valence-electron chi connectivity index (χ3n) is 3.79. The van der Waals surface area contributed by atoms with Gasteiger partial charge in [0.05, 0.1) is 11.7 Å². The van der Waals surface area contributed by atoms with Gasteiger partial charge < -0.3 is 5.32 Å². The summed E-state index contributed by atoms with van der Waals surface area (Å²) in [5.41, 5.74) is 0.845. The van der Waals surface area contributed by atoms with Gasteiger partial charge in [-0.05, 0) is 30.4 Å². The number of amides is 1. The maximum atomic E-state index is 12.8. The quantitative estimate of drug-likeness (QED) is 0.726.